The normalized spacial score (nSPS) is 20.9. The van der Waals surface area contributed by atoms with Gasteiger partial charge in [-0.05, 0) is 55.9 Å². The number of nitrogens with one attached hydrogen (secondary N) is 1. The lowest BCUT2D eigenvalue weighted by Gasteiger charge is -2.29. The number of carbonyl (C=O) groups excluding carboxylic acids is 1. The summed E-state index contributed by atoms with van der Waals surface area (Å²) in [6, 6.07) is 3.91. The number of thioether (sulfide) groups is 1. The Morgan fingerprint density at radius 2 is 2.20 bits per heavy atom. The molecule has 3 N–H and O–H groups in total. The molecule has 0 aromatic carbocycles. The van der Waals surface area contributed by atoms with E-state index in [1.807, 2.05) is 6.08 Å². The van der Waals surface area contributed by atoms with Crippen molar-refractivity contribution in [1.82, 2.24) is 10.3 Å². The Hall–Kier alpha value is -1.79. The Morgan fingerprint density at radius 3 is 2.76 bits per heavy atom. The number of amides is 1. The number of hydrogen-bond donors (Lipinski definition) is 2. The molecule has 6 heteroatoms. The summed E-state index contributed by atoms with van der Waals surface area (Å²) in [5.41, 5.74) is 5.61. The standard InChI is InChI=1S/C19H27N3O2S/c1-3-4-17(25-2)11-12-21-15-6-8-16(9-7-15)24-18-10-5-14(13-22-18)19(20)23/h3-5,10,13,15-16,21H,1,6-9,11-12H2,2H3,(H2,20,23)/b17-4-. The average molecular weight is 362 g/mol. The quantitative estimate of drug-likeness (QED) is 0.660. The number of nitrogens with zero attached hydrogens (tertiary/aromatic N) is 1. The molecular formula is C19H27N3O2S. The molecule has 1 aliphatic carbocycles. The number of hydrogen-bond acceptors (Lipinski definition) is 5. The second-order valence-electron chi connectivity index (χ2n) is 6.12. The van der Waals surface area contributed by atoms with E-state index in [0.29, 0.717) is 17.5 Å². The van der Waals surface area contributed by atoms with Crippen molar-refractivity contribution in [3.05, 3.63) is 47.5 Å². The molecule has 0 atom stereocenters. The minimum Gasteiger partial charge on any atom is -0.474 e. The number of primary amides is 1. The van der Waals surface area contributed by atoms with Crippen LogP contribution < -0.4 is 15.8 Å². The molecule has 1 amide bonds. The summed E-state index contributed by atoms with van der Waals surface area (Å²) < 4.78 is 5.92. The van der Waals surface area contributed by atoms with Crippen LogP contribution in [0.15, 0.2) is 42.0 Å². The van der Waals surface area contributed by atoms with Crippen molar-refractivity contribution in [3.8, 4) is 5.88 Å². The molecule has 1 heterocycles. The van der Waals surface area contributed by atoms with Crippen molar-refractivity contribution in [2.24, 2.45) is 5.73 Å². The molecule has 1 saturated carbocycles. The predicted octanol–water partition coefficient (Wildman–Crippen LogP) is 3.28. The van der Waals surface area contributed by atoms with Crippen molar-refractivity contribution in [1.29, 1.82) is 0 Å². The van der Waals surface area contributed by atoms with Crippen molar-refractivity contribution in [2.75, 3.05) is 12.8 Å². The number of allylic oxidation sites excluding steroid dienone is 2. The van der Waals surface area contributed by atoms with Crippen molar-refractivity contribution in [2.45, 2.75) is 44.2 Å². The molecule has 25 heavy (non-hydrogen) atoms. The molecule has 1 fully saturated rings. The lowest BCUT2D eigenvalue weighted by molar-refractivity contribution is 0.0999. The van der Waals surface area contributed by atoms with Crippen LogP contribution in [0.25, 0.3) is 0 Å². The van der Waals surface area contributed by atoms with Crippen LogP contribution in [0.2, 0.25) is 0 Å². The highest BCUT2D eigenvalue weighted by molar-refractivity contribution is 8.02. The van der Waals surface area contributed by atoms with Gasteiger partial charge in [-0.1, -0.05) is 18.7 Å². The van der Waals surface area contributed by atoms with Crippen LogP contribution in [0, 0.1) is 0 Å². The van der Waals surface area contributed by atoms with E-state index in [9.17, 15) is 4.79 Å². The Bertz CT molecular complexity index is 593. The highest BCUT2D eigenvalue weighted by Gasteiger charge is 2.22. The molecule has 1 aromatic heterocycles. The number of aromatic nitrogens is 1. The van der Waals surface area contributed by atoms with Crippen LogP contribution in [-0.2, 0) is 0 Å². The Kier molecular flexibility index (Phi) is 8.01. The highest BCUT2D eigenvalue weighted by atomic mass is 32.2. The third-order valence-electron chi connectivity index (χ3n) is 4.35. The van der Waals surface area contributed by atoms with Gasteiger partial charge in [0.1, 0.15) is 6.10 Å². The molecule has 0 spiro atoms. The average Bonchev–Trinajstić information content (AvgIpc) is 2.63. The monoisotopic (exact) mass is 361 g/mol. The molecule has 0 unspecified atom stereocenters. The van der Waals surface area contributed by atoms with E-state index in [1.165, 1.54) is 11.1 Å². The van der Waals surface area contributed by atoms with E-state index in [0.717, 1.165) is 38.6 Å². The number of pyridine rings is 1. The third-order valence-corrected chi connectivity index (χ3v) is 5.22. The van der Waals surface area contributed by atoms with Crippen molar-refractivity contribution in [3.63, 3.8) is 0 Å². The summed E-state index contributed by atoms with van der Waals surface area (Å²) in [7, 11) is 0. The number of ether oxygens (including phenoxy) is 1. The number of nitrogens with two attached hydrogens (primary N) is 1. The molecule has 0 aliphatic heterocycles. The van der Waals surface area contributed by atoms with Crippen molar-refractivity contribution >= 4 is 17.7 Å². The van der Waals surface area contributed by atoms with Gasteiger partial charge in [0.15, 0.2) is 0 Å². The molecule has 0 saturated heterocycles. The molecular weight excluding hydrogens is 334 g/mol. The fraction of sp³-hybridized carbons (Fsp3) is 0.474. The summed E-state index contributed by atoms with van der Waals surface area (Å²) in [6.07, 6.45) is 12.9. The summed E-state index contributed by atoms with van der Waals surface area (Å²) in [6.45, 7) is 4.74. The first-order chi connectivity index (χ1) is 12.1. The SMILES string of the molecule is C=C/C=C(/CCNC1CCC(Oc2ccc(C(N)=O)cn2)CC1)SC. The largest absolute Gasteiger partial charge is 0.474 e. The first kappa shape index (κ1) is 19.5. The minimum absolute atomic E-state index is 0.187. The van der Waals surface area contributed by atoms with Gasteiger partial charge in [0, 0.05) is 18.3 Å². The van der Waals surface area contributed by atoms with Gasteiger partial charge in [-0.15, -0.1) is 11.8 Å². The third kappa shape index (κ3) is 6.55. The van der Waals surface area contributed by atoms with E-state index in [-0.39, 0.29) is 6.10 Å². The Labute approximate surface area is 154 Å². The van der Waals surface area contributed by atoms with Gasteiger partial charge in [0.25, 0.3) is 0 Å². The maximum Gasteiger partial charge on any atom is 0.250 e. The summed E-state index contributed by atoms with van der Waals surface area (Å²) >= 11 is 1.78. The van der Waals surface area contributed by atoms with Crippen LogP contribution in [0.1, 0.15) is 42.5 Å². The van der Waals surface area contributed by atoms with Crippen LogP contribution in [0.3, 0.4) is 0 Å². The summed E-state index contributed by atoms with van der Waals surface area (Å²) in [5.74, 6) is 0.0822. The maximum atomic E-state index is 11.0. The van der Waals surface area contributed by atoms with E-state index >= 15 is 0 Å². The van der Waals surface area contributed by atoms with Crippen molar-refractivity contribution < 1.29 is 9.53 Å². The first-order valence-electron chi connectivity index (χ1n) is 8.64. The van der Waals surface area contributed by atoms with Crippen LogP contribution in [0.5, 0.6) is 5.88 Å². The van der Waals surface area contributed by atoms with Gasteiger partial charge >= 0.3 is 0 Å². The molecule has 1 aliphatic rings. The second kappa shape index (κ2) is 10.3. The lowest BCUT2D eigenvalue weighted by atomic mass is 9.93. The fourth-order valence-corrected chi connectivity index (χ4v) is 3.47. The fourth-order valence-electron chi connectivity index (χ4n) is 2.94. The first-order valence-corrected chi connectivity index (χ1v) is 9.86. The van der Waals surface area contributed by atoms with Gasteiger partial charge < -0.3 is 15.8 Å². The van der Waals surface area contributed by atoms with Crippen LogP contribution in [-0.4, -0.2) is 35.8 Å². The van der Waals surface area contributed by atoms with Gasteiger partial charge in [-0.3, -0.25) is 4.79 Å². The molecule has 5 nitrogen and oxygen atoms in total. The van der Waals surface area contributed by atoms with Gasteiger partial charge in [-0.25, -0.2) is 4.98 Å². The van der Waals surface area contributed by atoms with Crippen LogP contribution >= 0.6 is 11.8 Å². The number of carbonyl (C=O) groups is 1. The maximum absolute atomic E-state index is 11.0. The molecule has 0 radical (unpaired) electrons. The topological polar surface area (TPSA) is 77.2 Å². The molecule has 136 valence electrons. The smallest absolute Gasteiger partial charge is 0.250 e. The molecule has 2 rings (SSSR count). The molecule has 0 bridgehead atoms. The zero-order valence-corrected chi connectivity index (χ0v) is 15.6. The van der Waals surface area contributed by atoms with Crippen LogP contribution in [0.4, 0.5) is 0 Å². The lowest BCUT2D eigenvalue weighted by Crippen LogP contribution is -2.36. The Balaban J connectivity index is 1.70. The molecule has 1 aromatic rings. The zero-order chi connectivity index (χ0) is 18.1. The second-order valence-corrected chi connectivity index (χ2v) is 7.05. The Morgan fingerprint density at radius 1 is 1.44 bits per heavy atom. The van der Waals surface area contributed by atoms with E-state index in [1.54, 1.807) is 23.9 Å². The summed E-state index contributed by atoms with van der Waals surface area (Å²) in [4.78, 5) is 16.6. The minimum atomic E-state index is -0.474. The van der Waals surface area contributed by atoms with E-state index in [4.69, 9.17) is 10.5 Å². The van der Waals surface area contributed by atoms with E-state index in [2.05, 4.69) is 29.2 Å². The summed E-state index contributed by atoms with van der Waals surface area (Å²) in [5, 5.41) is 3.64. The van der Waals surface area contributed by atoms with Gasteiger partial charge in [0.05, 0.1) is 5.56 Å². The van der Waals surface area contributed by atoms with Gasteiger partial charge in [-0.2, -0.15) is 0 Å². The highest BCUT2D eigenvalue weighted by Crippen LogP contribution is 2.23. The van der Waals surface area contributed by atoms with Gasteiger partial charge in [0.2, 0.25) is 11.8 Å². The number of rotatable bonds is 9. The van der Waals surface area contributed by atoms with E-state index < -0.39 is 5.91 Å². The zero-order valence-electron chi connectivity index (χ0n) is 14.7. The predicted molar refractivity (Wildman–Crippen MR) is 104 cm³/mol.